The van der Waals surface area contributed by atoms with Gasteiger partial charge in [-0.25, -0.2) is 0 Å². The van der Waals surface area contributed by atoms with Crippen molar-refractivity contribution in [2.45, 2.75) is 25.9 Å². The Morgan fingerprint density at radius 1 is 1.48 bits per heavy atom. The third kappa shape index (κ3) is 3.28. The van der Waals surface area contributed by atoms with Gasteiger partial charge in [-0.1, -0.05) is 18.5 Å². The second kappa shape index (κ2) is 7.06. The molecule has 0 saturated carbocycles. The summed E-state index contributed by atoms with van der Waals surface area (Å²) in [6, 6.07) is -0.0412. The smallest absolute Gasteiger partial charge is 0.0837 e. The van der Waals surface area contributed by atoms with E-state index in [1.807, 2.05) is 29.7 Å². The molecule has 0 spiro atoms. The van der Waals surface area contributed by atoms with Crippen LogP contribution in [-0.2, 0) is 24.8 Å². The van der Waals surface area contributed by atoms with Crippen LogP contribution < -0.4 is 5.32 Å². The summed E-state index contributed by atoms with van der Waals surface area (Å²) in [6.45, 7) is 3.36. The van der Waals surface area contributed by atoms with Crippen LogP contribution >= 0.6 is 11.6 Å². The van der Waals surface area contributed by atoms with E-state index in [-0.39, 0.29) is 6.04 Å². The second-order valence-corrected chi connectivity index (χ2v) is 5.28. The first kappa shape index (κ1) is 16.0. The minimum absolute atomic E-state index is 0.0412. The normalized spacial score (nSPS) is 12.8. The van der Waals surface area contributed by atoms with Crippen LogP contribution in [0.5, 0.6) is 0 Å². The third-order valence-electron chi connectivity index (χ3n) is 3.49. The van der Waals surface area contributed by atoms with Crippen LogP contribution in [0.15, 0.2) is 12.4 Å². The van der Waals surface area contributed by atoms with Crippen LogP contribution in [0.2, 0.25) is 5.02 Å². The summed E-state index contributed by atoms with van der Waals surface area (Å²) < 4.78 is 8.86. The minimum atomic E-state index is -0.0412. The zero-order chi connectivity index (χ0) is 15.4. The van der Waals surface area contributed by atoms with Gasteiger partial charge in [0.05, 0.1) is 41.8 Å². The van der Waals surface area contributed by atoms with E-state index in [0.29, 0.717) is 18.2 Å². The van der Waals surface area contributed by atoms with Crippen molar-refractivity contribution < 1.29 is 4.74 Å². The lowest BCUT2D eigenvalue weighted by atomic mass is 10.0. The molecule has 2 rings (SSSR count). The summed E-state index contributed by atoms with van der Waals surface area (Å²) >= 11 is 6.36. The first-order chi connectivity index (χ1) is 10.1. The molecule has 2 heterocycles. The van der Waals surface area contributed by atoms with Gasteiger partial charge in [0, 0.05) is 25.9 Å². The maximum absolute atomic E-state index is 6.36. The molecule has 2 aromatic rings. The number of methoxy groups -OCH3 is 1. The highest BCUT2D eigenvalue weighted by atomic mass is 35.5. The predicted octanol–water partition coefficient (Wildman–Crippen LogP) is 1.79. The van der Waals surface area contributed by atoms with E-state index in [0.717, 1.165) is 23.4 Å². The van der Waals surface area contributed by atoms with Crippen molar-refractivity contribution in [3.63, 3.8) is 0 Å². The van der Waals surface area contributed by atoms with E-state index in [2.05, 4.69) is 22.4 Å². The van der Waals surface area contributed by atoms with E-state index in [4.69, 9.17) is 16.3 Å². The van der Waals surface area contributed by atoms with Gasteiger partial charge in [0.15, 0.2) is 0 Å². The van der Waals surface area contributed by atoms with Gasteiger partial charge in [-0.3, -0.25) is 9.36 Å². The van der Waals surface area contributed by atoms with Crippen molar-refractivity contribution in [1.82, 2.24) is 24.9 Å². The largest absolute Gasteiger partial charge is 0.383 e. The van der Waals surface area contributed by atoms with Crippen LogP contribution in [0, 0.1) is 0 Å². The third-order valence-corrected chi connectivity index (χ3v) is 3.78. The monoisotopic (exact) mass is 311 g/mol. The number of hydrogen-bond acceptors (Lipinski definition) is 4. The summed E-state index contributed by atoms with van der Waals surface area (Å²) in [7, 11) is 5.52. The number of aryl methyl sites for hydroxylation is 2. The predicted molar refractivity (Wildman–Crippen MR) is 82.6 cm³/mol. The highest BCUT2D eigenvalue weighted by molar-refractivity contribution is 6.31. The maximum Gasteiger partial charge on any atom is 0.0837 e. The lowest BCUT2D eigenvalue weighted by molar-refractivity contribution is 0.182. The van der Waals surface area contributed by atoms with Crippen molar-refractivity contribution in [3.05, 3.63) is 34.4 Å². The van der Waals surface area contributed by atoms with E-state index < -0.39 is 0 Å². The molecular weight excluding hydrogens is 290 g/mol. The molecule has 1 atom stereocenters. The number of nitrogens with zero attached hydrogens (tertiary/aromatic N) is 4. The lowest BCUT2D eigenvalue weighted by Gasteiger charge is -2.18. The second-order valence-electron chi connectivity index (χ2n) is 4.87. The molecule has 7 heteroatoms. The summed E-state index contributed by atoms with van der Waals surface area (Å²) in [4.78, 5) is 0. The molecule has 0 bridgehead atoms. The van der Waals surface area contributed by atoms with Gasteiger partial charge in [-0.05, 0) is 13.5 Å². The SMILES string of the molecule is CCc1nn(C)cc1C(NC)c1c(Cl)cnn1CCOC. The quantitative estimate of drug-likeness (QED) is 0.847. The van der Waals surface area contributed by atoms with Crippen LogP contribution in [0.3, 0.4) is 0 Å². The summed E-state index contributed by atoms with van der Waals surface area (Å²) in [5, 5.41) is 12.8. The molecular formula is C14H22ClN5O. The molecule has 0 aliphatic heterocycles. The maximum atomic E-state index is 6.36. The fourth-order valence-electron chi connectivity index (χ4n) is 2.52. The Kier molecular flexibility index (Phi) is 5.39. The van der Waals surface area contributed by atoms with Crippen LogP contribution in [-0.4, -0.2) is 40.3 Å². The number of hydrogen-bond donors (Lipinski definition) is 1. The van der Waals surface area contributed by atoms with Crippen molar-refractivity contribution in [2.24, 2.45) is 7.05 Å². The van der Waals surface area contributed by atoms with E-state index >= 15 is 0 Å². The summed E-state index contributed by atoms with van der Waals surface area (Å²) in [5.41, 5.74) is 3.13. The molecule has 1 unspecified atom stereocenters. The van der Waals surface area contributed by atoms with Gasteiger partial charge in [0.2, 0.25) is 0 Å². The highest BCUT2D eigenvalue weighted by Gasteiger charge is 2.24. The van der Waals surface area contributed by atoms with Crippen LogP contribution in [0.1, 0.15) is 29.9 Å². The Morgan fingerprint density at radius 2 is 2.24 bits per heavy atom. The Balaban J connectivity index is 2.43. The average molecular weight is 312 g/mol. The molecule has 0 fully saturated rings. The first-order valence-corrected chi connectivity index (χ1v) is 7.39. The molecule has 116 valence electrons. The molecule has 0 aliphatic rings. The molecule has 0 saturated heterocycles. The Hall–Kier alpha value is -1.37. The summed E-state index contributed by atoms with van der Waals surface area (Å²) in [5.74, 6) is 0. The molecule has 2 aromatic heterocycles. The van der Waals surface area contributed by atoms with Crippen molar-refractivity contribution in [1.29, 1.82) is 0 Å². The van der Waals surface area contributed by atoms with Crippen LogP contribution in [0.4, 0.5) is 0 Å². The molecule has 0 radical (unpaired) electrons. The van der Waals surface area contributed by atoms with E-state index in [9.17, 15) is 0 Å². The standard InChI is InChI=1S/C14H22ClN5O/c1-5-12-10(9-19(3)18-12)13(16-2)14-11(15)8-17-20(14)6-7-21-4/h8-9,13,16H,5-7H2,1-4H3. The minimum Gasteiger partial charge on any atom is -0.383 e. The Labute approximate surface area is 130 Å². The number of aromatic nitrogens is 4. The van der Waals surface area contributed by atoms with Gasteiger partial charge in [-0.2, -0.15) is 10.2 Å². The molecule has 21 heavy (non-hydrogen) atoms. The van der Waals surface area contributed by atoms with Gasteiger partial charge >= 0.3 is 0 Å². The number of ether oxygens (including phenoxy) is 1. The number of rotatable bonds is 7. The van der Waals surface area contributed by atoms with Gasteiger partial charge in [-0.15, -0.1) is 0 Å². The summed E-state index contributed by atoms with van der Waals surface area (Å²) in [6.07, 6.45) is 4.58. The fourth-order valence-corrected chi connectivity index (χ4v) is 2.77. The average Bonchev–Trinajstić information content (AvgIpc) is 3.02. The van der Waals surface area contributed by atoms with Gasteiger partial charge < -0.3 is 10.1 Å². The number of halogens is 1. The van der Waals surface area contributed by atoms with Gasteiger partial charge in [0.1, 0.15) is 0 Å². The molecule has 0 aromatic carbocycles. The van der Waals surface area contributed by atoms with E-state index in [1.165, 1.54) is 0 Å². The highest BCUT2D eigenvalue weighted by Crippen LogP contribution is 2.29. The molecule has 1 N–H and O–H groups in total. The zero-order valence-corrected chi connectivity index (χ0v) is 13.7. The van der Waals surface area contributed by atoms with E-state index in [1.54, 1.807) is 13.3 Å². The molecule has 0 aliphatic carbocycles. The topological polar surface area (TPSA) is 56.9 Å². The zero-order valence-electron chi connectivity index (χ0n) is 12.9. The first-order valence-electron chi connectivity index (χ1n) is 7.02. The van der Waals surface area contributed by atoms with Crippen molar-refractivity contribution in [2.75, 3.05) is 20.8 Å². The van der Waals surface area contributed by atoms with Gasteiger partial charge in [0.25, 0.3) is 0 Å². The lowest BCUT2D eigenvalue weighted by Crippen LogP contribution is -2.23. The number of nitrogens with one attached hydrogen (secondary N) is 1. The Bertz CT molecular complexity index is 592. The van der Waals surface area contributed by atoms with Crippen molar-refractivity contribution >= 4 is 11.6 Å². The fraction of sp³-hybridized carbons (Fsp3) is 0.571. The molecule has 0 amide bonds. The van der Waals surface area contributed by atoms with Crippen molar-refractivity contribution in [3.8, 4) is 0 Å². The molecule has 6 nitrogen and oxygen atoms in total. The Morgan fingerprint density at radius 3 is 2.86 bits per heavy atom. The van der Waals surface area contributed by atoms with Crippen LogP contribution in [0.25, 0.3) is 0 Å².